The fraction of sp³-hybridized carbons (Fsp3) is 0.467. The van der Waals surface area contributed by atoms with Crippen LogP contribution in [0, 0.1) is 5.92 Å². The molecule has 22 heavy (non-hydrogen) atoms. The van der Waals surface area contributed by atoms with E-state index in [-0.39, 0.29) is 5.69 Å². The van der Waals surface area contributed by atoms with E-state index >= 15 is 0 Å². The van der Waals surface area contributed by atoms with Crippen molar-refractivity contribution in [1.29, 1.82) is 0 Å². The van der Waals surface area contributed by atoms with Crippen LogP contribution in [0.2, 0.25) is 0 Å². The highest BCUT2D eigenvalue weighted by molar-refractivity contribution is 5.50. The largest absolute Gasteiger partial charge is 0.416 e. The molecule has 1 saturated carbocycles. The predicted octanol–water partition coefficient (Wildman–Crippen LogP) is 3.13. The second kappa shape index (κ2) is 4.72. The minimum atomic E-state index is -4.42. The van der Waals surface area contributed by atoms with E-state index in [4.69, 9.17) is 5.73 Å². The molecule has 1 aromatic carbocycles. The van der Waals surface area contributed by atoms with Crippen LogP contribution >= 0.6 is 0 Å². The SMILES string of the molecule is CC1CC(c2cc(N)cc(C(F)(F)F)c2)(c2ncnn2C)C1. The summed E-state index contributed by atoms with van der Waals surface area (Å²) in [7, 11) is 1.75. The molecule has 0 unspecified atom stereocenters. The first kappa shape index (κ1) is 14.9. The van der Waals surface area contributed by atoms with Gasteiger partial charge in [-0.05, 0) is 42.5 Å². The first-order valence-corrected chi connectivity index (χ1v) is 7.05. The Balaban J connectivity index is 2.15. The highest BCUT2D eigenvalue weighted by Gasteiger charge is 2.48. The fourth-order valence-electron chi connectivity index (χ4n) is 3.50. The van der Waals surface area contributed by atoms with Crippen LogP contribution in [-0.4, -0.2) is 14.8 Å². The van der Waals surface area contributed by atoms with E-state index in [1.807, 2.05) is 0 Å². The van der Waals surface area contributed by atoms with E-state index in [9.17, 15) is 13.2 Å². The van der Waals surface area contributed by atoms with Crippen LogP contribution in [-0.2, 0) is 18.6 Å². The van der Waals surface area contributed by atoms with Gasteiger partial charge >= 0.3 is 6.18 Å². The monoisotopic (exact) mass is 310 g/mol. The van der Waals surface area contributed by atoms with Gasteiger partial charge in [0.1, 0.15) is 12.2 Å². The van der Waals surface area contributed by atoms with Gasteiger partial charge in [-0.2, -0.15) is 18.3 Å². The summed E-state index contributed by atoms with van der Waals surface area (Å²) in [5.74, 6) is 1.11. The zero-order valence-electron chi connectivity index (χ0n) is 12.4. The number of nitrogen functional groups attached to an aromatic ring is 1. The number of benzene rings is 1. The van der Waals surface area contributed by atoms with Gasteiger partial charge in [-0.3, -0.25) is 4.68 Å². The maximum absolute atomic E-state index is 13.1. The Bertz CT molecular complexity index is 699. The number of nitrogens with zero attached hydrogens (tertiary/aromatic N) is 3. The number of hydrogen-bond acceptors (Lipinski definition) is 3. The molecule has 118 valence electrons. The molecule has 1 aliphatic rings. The highest BCUT2D eigenvalue weighted by atomic mass is 19.4. The molecule has 0 bridgehead atoms. The Morgan fingerprint density at radius 1 is 1.27 bits per heavy atom. The lowest BCUT2D eigenvalue weighted by atomic mass is 9.58. The lowest BCUT2D eigenvalue weighted by Crippen LogP contribution is -2.43. The number of aromatic nitrogens is 3. The Labute approximate surface area is 126 Å². The van der Waals surface area contributed by atoms with Crippen LogP contribution < -0.4 is 5.73 Å². The topological polar surface area (TPSA) is 56.7 Å². The number of aryl methyl sites for hydroxylation is 1. The third kappa shape index (κ3) is 2.24. The van der Waals surface area contributed by atoms with E-state index in [1.54, 1.807) is 17.8 Å². The quantitative estimate of drug-likeness (QED) is 0.867. The number of anilines is 1. The predicted molar refractivity (Wildman–Crippen MR) is 76.0 cm³/mol. The Hall–Kier alpha value is -2.05. The number of rotatable bonds is 2. The Kier molecular flexibility index (Phi) is 3.19. The van der Waals surface area contributed by atoms with Gasteiger partial charge in [0, 0.05) is 12.7 Å². The molecule has 0 aliphatic heterocycles. The Morgan fingerprint density at radius 2 is 1.95 bits per heavy atom. The molecule has 1 heterocycles. The smallest absolute Gasteiger partial charge is 0.399 e. The second-order valence-corrected chi connectivity index (χ2v) is 6.14. The molecule has 0 spiro atoms. The van der Waals surface area contributed by atoms with Gasteiger partial charge in [-0.15, -0.1) is 0 Å². The Morgan fingerprint density at radius 3 is 2.45 bits per heavy atom. The van der Waals surface area contributed by atoms with E-state index in [0.717, 1.165) is 18.9 Å². The van der Waals surface area contributed by atoms with Crippen LogP contribution in [0.4, 0.5) is 18.9 Å². The lowest BCUT2D eigenvalue weighted by Gasteiger charge is -2.46. The highest BCUT2D eigenvalue weighted by Crippen LogP contribution is 2.52. The zero-order valence-corrected chi connectivity index (χ0v) is 12.4. The molecule has 3 rings (SSSR count). The summed E-state index contributed by atoms with van der Waals surface area (Å²) < 4.78 is 40.8. The van der Waals surface area contributed by atoms with Crippen molar-refractivity contribution in [1.82, 2.24) is 14.8 Å². The van der Waals surface area contributed by atoms with E-state index in [2.05, 4.69) is 17.0 Å². The lowest BCUT2D eigenvalue weighted by molar-refractivity contribution is -0.137. The minimum absolute atomic E-state index is 0.117. The molecule has 1 aromatic heterocycles. The van der Waals surface area contributed by atoms with Gasteiger partial charge in [0.2, 0.25) is 0 Å². The van der Waals surface area contributed by atoms with Crippen LogP contribution in [0.25, 0.3) is 0 Å². The number of alkyl halides is 3. The molecule has 2 aromatic rings. The molecule has 0 amide bonds. The van der Waals surface area contributed by atoms with Crippen LogP contribution in [0.1, 0.15) is 36.7 Å². The summed E-state index contributed by atoms with van der Waals surface area (Å²) in [4.78, 5) is 4.27. The average Bonchev–Trinajstić information content (AvgIpc) is 2.79. The molecule has 1 fully saturated rings. The van der Waals surface area contributed by atoms with Crippen LogP contribution in [0.5, 0.6) is 0 Å². The molecule has 0 saturated heterocycles. The van der Waals surface area contributed by atoms with Crippen molar-refractivity contribution in [3.8, 4) is 0 Å². The van der Waals surface area contributed by atoms with Gasteiger partial charge in [-0.25, -0.2) is 4.98 Å². The van der Waals surface area contributed by atoms with E-state index < -0.39 is 17.2 Å². The molecular weight excluding hydrogens is 293 g/mol. The molecular formula is C15H17F3N4. The summed E-state index contributed by atoms with van der Waals surface area (Å²) in [6, 6.07) is 3.78. The molecule has 0 radical (unpaired) electrons. The van der Waals surface area contributed by atoms with Crippen molar-refractivity contribution >= 4 is 5.69 Å². The number of nitrogens with two attached hydrogens (primary N) is 1. The first-order valence-electron chi connectivity index (χ1n) is 7.05. The van der Waals surface area contributed by atoms with Gasteiger partial charge in [0.05, 0.1) is 11.0 Å². The normalized spacial score (nSPS) is 25.0. The second-order valence-electron chi connectivity index (χ2n) is 6.14. The third-order valence-corrected chi connectivity index (χ3v) is 4.37. The number of hydrogen-bond donors (Lipinski definition) is 1. The van der Waals surface area contributed by atoms with Crippen LogP contribution in [0.3, 0.4) is 0 Å². The summed E-state index contributed by atoms with van der Waals surface area (Å²) in [5.41, 5.74) is 5.13. The maximum atomic E-state index is 13.1. The van der Waals surface area contributed by atoms with Crippen molar-refractivity contribution < 1.29 is 13.2 Å². The summed E-state index contributed by atoms with van der Waals surface area (Å²) >= 11 is 0. The first-order chi connectivity index (χ1) is 10.2. The third-order valence-electron chi connectivity index (χ3n) is 4.37. The van der Waals surface area contributed by atoms with Crippen molar-refractivity contribution in [2.24, 2.45) is 13.0 Å². The average molecular weight is 310 g/mol. The molecule has 2 N–H and O–H groups in total. The molecule has 4 nitrogen and oxygen atoms in total. The van der Waals surface area contributed by atoms with Gasteiger partial charge in [0.25, 0.3) is 0 Å². The number of halogens is 3. The van der Waals surface area contributed by atoms with Gasteiger partial charge in [0.15, 0.2) is 0 Å². The molecule has 0 atom stereocenters. The van der Waals surface area contributed by atoms with Crippen molar-refractivity contribution in [3.63, 3.8) is 0 Å². The summed E-state index contributed by atoms with van der Waals surface area (Å²) in [5, 5.41) is 4.06. The van der Waals surface area contributed by atoms with E-state index in [0.29, 0.717) is 17.3 Å². The van der Waals surface area contributed by atoms with Crippen molar-refractivity contribution in [2.75, 3.05) is 5.73 Å². The fourth-order valence-corrected chi connectivity index (χ4v) is 3.50. The summed E-state index contributed by atoms with van der Waals surface area (Å²) in [6.07, 6.45) is -1.52. The zero-order chi connectivity index (χ0) is 16.1. The molecule has 1 aliphatic carbocycles. The van der Waals surface area contributed by atoms with Crippen molar-refractivity contribution in [2.45, 2.75) is 31.4 Å². The van der Waals surface area contributed by atoms with Crippen molar-refractivity contribution in [3.05, 3.63) is 41.5 Å². The van der Waals surface area contributed by atoms with Gasteiger partial charge < -0.3 is 5.73 Å². The molecule has 7 heteroatoms. The summed E-state index contributed by atoms with van der Waals surface area (Å²) in [6.45, 7) is 2.07. The van der Waals surface area contributed by atoms with Gasteiger partial charge in [-0.1, -0.05) is 6.92 Å². The van der Waals surface area contributed by atoms with Crippen LogP contribution in [0.15, 0.2) is 24.5 Å². The maximum Gasteiger partial charge on any atom is 0.416 e. The van der Waals surface area contributed by atoms with E-state index in [1.165, 1.54) is 12.4 Å². The minimum Gasteiger partial charge on any atom is -0.399 e. The standard InChI is InChI=1S/C15H17F3N4/c1-9-6-14(7-9,13-20-8-21-22(13)2)10-3-11(15(16,17)18)5-12(19)4-10/h3-5,8-9H,6-7,19H2,1-2H3.